The van der Waals surface area contributed by atoms with Crippen LogP contribution in [0.25, 0.3) is 0 Å². The lowest BCUT2D eigenvalue weighted by Crippen LogP contribution is -2.24. The van der Waals surface area contributed by atoms with Crippen molar-refractivity contribution in [2.24, 2.45) is 0 Å². The molecule has 0 fully saturated rings. The van der Waals surface area contributed by atoms with E-state index in [0.29, 0.717) is 29.4 Å². The van der Waals surface area contributed by atoms with Crippen LogP contribution in [0.1, 0.15) is 25.0 Å². The molecule has 1 heterocycles. The Hall–Kier alpha value is -1.52. The Morgan fingerprint density at radius 3 is 3.16 bits per heavy atom. The predicted octanol–water partition coefficient (Wildman–Crippen LogP) is 2.64. The van der Waals surface area contributed by atoms with E-state index >= 15 is 0 Å². The molecular weight excluding hydrogens is 268 g/mol. The van der Waals surface area contributed by atoms with Gasteiger partial charge in [0.2, 0.25) is 0 Å². The molecule has 2 rings (SSSR count). The van der Waals surface area contributed by atoms with Gasteiger partial charge in [0.25, 0.3) is 0 Å². The molecule has 102 valence electrons. The van der Waals surface area contributed by atoms with Crippen molar-refractivity contribution in [3.8, 4) is 5.75 Å². The number of hydrogen-bond acceptors (Lipinski definition) is 4. The summed E-state index contributed by atoms with van der Waals surface area (Å²) in [6.45, 7) is 2.07. The molecular formula is C14H15ClO4. The number of aliphatic hydroxyl groups excluding tert-OH is 1. The third kappa shape index (κ3) is 3.49. The molecule has 5 heteroatoms. The van der Waals surface area contributed by atoms with Crippen LogP contribution in [-0.4, -0.2) is 23.8 Å². The van der Waals surface area contributed by atoms with E-state index in [4.69, 9.17) is 21.1 Å². The topological polar surface area (TPSA) is 55.8 Å². The molecule has 0 saturated heterocycles. The van der Waals surface area contributed by atoms with Gasteiger partial charge in [0.1, 0.15) is 11.9 Å². The van der Waals surface area contributed by atoms with Gasteiger partial charge >= 0.3 is 5.97 Å². The minimum Gasteiger partial charge on any atom is -0.486 e. The number of halogens is 1. The first-order valence-corrected chi connectivity index (χ1v) is 6.47. The first-order chi connectivity index (χ1) is 9.10. The maximum absolute atomic E-state index is 11.2. The molecule has 2 atom stereocenters. The highest BCUT2D eigenvalue weighted by molar-refractivity contribution is 6.30. The standard InChI is InChI=1S/C14H15ClO4/c1-2-18-14(17)6-4-10-8-12(16)11-7-9(15)3-5-13(11)19-10/h3-7,10,12,16H,2,8H2,1H3/b6-4+. The van der Waals surface area contributed by atoms with Crippen LogP contribution < -0.4 is 4.74 Å². The smallest absolute Gasteiger partial charge is 0.330 e. The van der Waals surface area contributed by atoms with Gasteiger partial charge in [-0.05, 0) is 31.2 Å². The van der Waals surface area contributed by atoms with E-state index in [-0.39, 0.29) is 6.10 Å². The average molecular weight is 283 g/mol. The van der Waals surface area contributed by atoms with Crippen molar-refractivity contribution in [3.63, 3.8) is 0 Å². The number of aliphatic hydroxyl groups is 1. The largest absolute Gasteiger partial charge is 0.486 e. The molecule has 0 saturated carbocycles. The van der Waals surface area contributed by atoms with Gasteiger partial charge < -0.3 is 14.6 Å². The Morgan fingerprint density at radius 2 is 2.42 bits per heavy atom. The molecule has 1 aromatic rings. The molecule has 1 aliphatic heterocycles. The Bertz CT molecular complexity index is 498. The summed E-state index contributed by atoms with van der Waals surface area (Å²) < 4.78 is 10.5. The molecule has 4 nitrogen and oxygen atoms in total. The van der Waals surface area contributed by atoms with E-state index in [1.54, 1.807) is 31.2 Å². The van der Waals surface area contributed by atoms with Crippen molar-refractivity contribution >= 4 is 17.6 Å². The summed E-state index contributed by atoms with van der Waals surface area (Å²) in [6, 6.07) is 5.10. The molecule has 1 aromatic carbocycles. The first kappa shape index (κ1) is 13.9. The number of carbonyl (C=O) groups is 1. The highest BCUT2D eigenvalue weighted by atomic mass is 35.5. The lowest BCUT2D eigenvalue weighted by atomic mass is 9.99. The minimum atomic E-state index is -0.653. The minimum absolute atomic E-state index is 0.332. The first-order valence-electron chi connectivity index (χ1n) is 6.09. The van der Waals surface area contributed by atoms with Crippen molar-refractivity contribution in [1.29, 1.82) is 0 Å². The molecule has 0 radical (unpaired) electrons. The SMILES string of the molecule is CCOC(=O)/C=C/C1CC(O)c2cc(Cl)ccc2O1. The summed E-state index contributed by atoms with van der Waals surface area (Å²) in [5.41, 5.74) is 0.674. The molecule has 2 unspecified atom stereocenters. The molecule has 1 N–H and O–H groups in total. The van der Waals surface area contributed by atoms with Gasteiger partial charge in [0, 0.05) is 23.1 Å². The number of fused-ring (bicyclic) bond motifs is 1. The number of esters is 1. The number of carbonyl (C=O) groups excluding carboxylic acids is 1. The highest BCUT2D eigenvalue weighted by Crippen LogP contribution is 2.36. The predicted molar refractivity (Wildman–Crippen MR) is 71.2 cm³/mol. The normalized spacial score (nSPS) is 21.8. The van der Waals surface area contributed by atoms with Gasteiger partial charge in [0.05, 0.1) is 12.7 Å². The lowest BCUT2D eigenvalue weighted by molar-refractivity contribution is -0.137. The van der Waals surface area contributed by atoms with E-state index in [9.17, 15) is 9.90 Å². The fraction of sp³-hybridized carbons (Fsp3) is 0.357. The second-order valence-electron chi connectivity index (χ2n) is 4.20. The van der Waals surface area contributed by atoms with E-state index in [1.807, 2.05) is 0 Å². The average Bonchev–Trinajstić information content (AvgIpc) is 2.38. The van der Waals surface area contributed by atoms with Crippen LogP contribution in [0.3, 0.4) is 0 Å². The van der Waals surface area contributed by atoms with Crippen LogP contribution in [0.5, 0.6) is 5.75 Å². The third-order valence-corrected chi connectivity index (χ3v) is 3.03. The second-order valence-corrected chi connectivity index (χ2v) is 4.64. The van der Waals surface area contributed by atoms with Gasteiger partial charge in [-0.25, -0.2) is 4.79 Å². The summed E-state index contributed by atoms with van der Waals surface area (Å²) >= 11 is 5.87. The number of benzene rings is 1. The van der Waals surface area contributed by atoms with Crippen LogP contribution >= 0.6 is 11.6 Å². The van der Waals surface area contributed by atoms with E-state index in [1.165, 1.54) is 6.08 Å². The summed E-state index contributed by atoms with van der Waals surface area (Å²) in [5.74, 6) is 0.171. The fourth-order valence-electron chi connectivity index (χ4n) is 1.94. The zero-order valence-electron chi connectivity index (χ0n) is 10.5. The van der Waals surface area contributed by atoms with Gasteiger partial charge in [-0.2, -0.15) is 0 Å². The zero-order valence-corrected chi connectivity index (χ0v) is 11.3. The van der Waals surface area contributed by atoms with Crippen molar-refractivity contribution in [2.75, 3.05) is 6.61 Å². The third-order valence-electron chi connectivity index (χ3n) is 2.80. The van der Waals surface area contributed by atoms with Crippen LogP contribution in [0.4, 0.5) is 0 Å². The second kappa shape index (κ2) is 6.08. The van der Waals surface area contributed by atoms with Gasteiger partial charge in [-0.15, -0.1) is 0 Å². The Balaban J connectivity index is 2.08. The lowest BCUT2D eigenvalue weighted by Gasteiger charge is -2.27. The summed E-state index contributed by atoms with van der Waals surface area (Å²) in [5, 5.41) is 10.6. The van der Waals surface area contributed by atoms with Crippen molar-refractivity contribution in [1.82, 2.24) is 0 Å². The maximum atomic E-state index is 11.2. The van der Waals surface area contributed by atoms with Crippen LogP contribution in [0.2, 0.25) is 5.02 Å². The fourth-order valence-corrected chi connectivity index (χ4v) is 2.12. The van der Waals surface area contributed by atoms with Crippen LogP contribution in [0, 0.1) is 0 Å². The van der Waals surface area contributed by atoms with Crippen molar-refractivity contribution < 1.29 is 19.4 Å². The Kier molecular flexibility index (Phi) is 4.45. The van der Waals surface area contributed by atoms with Crippen LogP contribution in [-0.2, 0) is 9.53 Å². The molecule has 0 aromatic heterocycles. The van der Waals surface area contributed by atoms with Gasteiger partial charge in [0.15, 0.2) is 0 Å². The van der Waals surface area contributed by atoms with Gasteiger partial charge in [-0.1, -0.05) is 11.6 Å². The highest BCUT2D eigenvalue weighted by Gasteiger charge is 2.25. The molecule has 0 amide bonds. The quantitative estimate of drug-likeness (QED) is 0.684. The van der Waals surface area contributed by atoms with Crippen molar-refractivity contribution in [2.45, 2.75) is 25.6 Å². The van der Waals surface area contributed by atoms with E-state index < -0.39 is 12.1 Å². The van der Waals surface area contributed by atoms with Gasteiger partial charge in [-0.3, -0.25) is 0 Å². The molecule has 1 aliphatic rings. The molecule has 19 heavy (non-hydrogen) atoms. The Labute approximate surface area is 116 Å². The number of rotatable bonds is 3. The van der Waals surface area contributed by atoms with E-state index in [0.717, 1.165) is 0 Å². The summed E-state index contributed by atoms with van der Waals surface area (Å²) in [6.07, 6.45) is 2.29. The summed E-state index contributed by atoms with van der Waals surface area (Å²) in [7, 11) is 0. The Morgan fingerprint density at radius 1 is 1.63 bits per heavy atom. The monoisotopic (exact) mass is 282 g/mol. The summed E-state index contributed by atoms with van der Waals surface area (Å²) in [4.78, 5) is 11.2. The van der Waals surface area contributed by atoms with E-state index in [2.05, 4.69) is 0 Å². The number of hydrogen-bond donors (Lipinski definition) is 1. The zero-order chi connectivity index (χ0) is 13.8. The molecule has 0 bridgehead atoms. The molecule has 0 aliphatic carbocycles. The van der Waals surface area contributed by atoms with Crippen molar-refractivity contribution in [3.05, 3.63) is 40.9 Å². The molecule has 0 spiro atoms. The van der Waals surface area contributed by atoms with Crippen LogP contribution in [0.15, 0.2) is 30.4 Å². The maximum Gasteiger partial charge on any atom is 0.330 e. The number of ether oxygens (including phenoxy) is 2.